The minimum Gasteiger partial charge on any atom is -0.442 e. The number of alkyl carbamates (subject to hydrolysis) is 1. The second-order valence-corrected chi connectivity index (χ2v) is 7.88. The van der Waals surface area contributed by atoms with Gasteiger partial charge in [-0.1, -0.05) is 13.0 Å². The van der Waals surface area contributed by atoms with Crippen molar-refractivity contribution in [1.82, 2.24) is 21.3 Å². The molecule has 0 saturated carbocycles. The third kappa shape index (κ3) is 8.84. The number of rotatable bonds is 9. The summed E-state index contributed by atoms with van der Waals surface area (Å²) >= 11 is 0. The predicted molar refractivity (Wildman–Crippen MR) is 114 cm³/mol. The number of unbranched alkanes of at least 4 members (excludes halogenated alkanes) is 1. The van der Waals surface area contributed by atoms with E-state index in [1.54, 1.807) is 7.05 Å². The molecule has 4 amide bonds. The first-order valence-corrected chi connectivity index (χ1v) is 10.5. The molecule has 3 atom stereocenters. The molecule has 0 heterocycles. The Morgan fingerprint density at radius 3 is 2.50 bits per heavy atom. The topological polar surface area (TPSA) is 126 Å². The molecule has 0 radical (unpaired) electrons. The number of nitrogens with one attached hydrogen (secondary N) is 4. The number of amides is 4. The highest BCUT2D eigenvalue weighted by Gasteiger charge is 2.33. The summed E-state index contributed by atoms with van der Waals surface area (Å²) in [5.74, 6) is -0.488. The van der Waals surface area contributed by atoms with Crippen molar-refractivity contribution < 1.29 is 23.9 Å². The monoisotopic (exact) mass is 424 g/mol. The third-order valence-corrected chi connectivity index (χ3v) is 5.36. The first-order valence-electron chi connectivity index (χ1n) is 10.5. The van der Waals surface area contributed by atoms with Gasteiger partial charge in [0.05, 0.1) is 0 Å². The fraction of sp³-hybridized carbons (Fsp3) is 0.714. The van der Waals surface area contributed by atoms with E-state index in [1.165, 1.54) is 14.0 Å². The zero-order chi connectivity index (χ0) is 22.6. The standard InChI is InChI=1S/C21H36N4O5/c1-15(26)25-17(18(27)22-3)10-6-8-14-24-20(29)30-16-9-5-7-12-21(2,13-11-16)19(28)23-4/h5,9,16-17H,6-8,10-14H2,1-4H3,(H,22,27)(H,23,28)(H,24,29)(H,25,26)/b9-5+. The molecule has 4 N–H and O–H groups in total. The molecular formula is C21H36N4O5. The number of hydrogen-bond acceptors (Lipinski definition) is 5. The summed E-state index contributed by atoms with van der Waals surface area (Å²) in [5.41, 5.74) is -0.465. The summed E-state index contributed by atoms with van der Waals surface area (Å²) < 4.78 is 5.48. The van der Waals surface area contributed by atoms with Gasteiger partial charge in [0.25, 0.3) is 0 Å². The van der Waals surface area contributed by atoms with Gasteiger partial charge < -0.3 is 26.0 Å². The molecule has 0 aromatic rings. The SMILES string of the molecule is CNC(=O)C(CCCCNC(=O)OC1/C=C/CCC(C)(C(=O)NC)CC1)NC(C)=O. The molecule has 0 aromatic carbocycles. The summed E-state index contributed by atoms with van der Waals surface area (Å²) in [4.78, 5) is 47.2. The smallest absolute Gasteiger partial charge is 0.407 e. The number of allylic oxidation sites excluding steroid dienone is 1. The van der Waals surface area contributed by atoms with Crippen LogP contribution in [0.15, 0.2) is 12.2 Å². The van der Waals surface area contributed by atoms with Gasteiger partial charge in [-0.25, -0.2) is 4.79 Å². The number of likely N-dealkylation sites (N-methyl/N-ethyl adjacent to an activating group) is 1. The van der Waals surface area contributed by atoms with Crippen molar-refractivity contribution >= 4 is 23.8 Å². The van der Waals surface area contributed by atoms with Gasteiger partial charge >= 0.3 is 6.09 Å². The van der Waals surface area contributed by atoms with Crippen LogP contribution >= 0.6 is 0 Å². The van der Waals surface area contributed by atoms with E-state index in [4.69, 9.17) is 4.74 Å². The van der Waals surface area contributed by atoms with E-state index in [-0.39, 0.29) is 23.8 Å². The van der Waals surface area contributed by atoms with Crippen molar-refractivity contribution in [1.29, 1.82) is 0 Å². The first kappa shape index (κ1) is 25.5. The van der Waals surface area contributed by atoms with Gasteiger partial charge in [-0.2, -0.15) is 0 Å². The molecule has 1 aliphatic carbocycles. The van der Waals surface area contributed by atoms with Crippen LogP contribution in [0.5, 0.6) is 0 Å². The van der Waals surface area contributed by atoms with Gasteiger partial charge in [-0.05, 0) is 51.0 Å². The van der Waals surface area contributed by atoms with Crippen molar-refractivity contribution in [3.63, 3.8) is 0 Å². The van der Waals surface area contributed by atoms with Crippen LogP contribution in [0, 0.1) is 5.41 Å². The van der Waals surface area contributed by atoms with Crippen LogP contribution < -0.4 is 21.3 Å². The zero-order valence-corrected chi connectivity index (χ0v) is 18.5. The van der Waals surface area contributed by atoms with Gasteiger partial charge in [0.1, 0.15) is 12.1 Å². The van der Waals surface area contributed by atoms with Crippen LogP contribution in [-0.2, 0) is 19.1 Å². The molecule has 9 nitrogen and oxygen atoms in total. The lowest BCUT2D eigenvalue weighted by Gasteiger charge is -2.30. The molecule has 1 aliphatic rings. The summed E-state index contributed by atoms with van der Waals surface area (Å²) in [6.07, 6.45) is 7.50. The lowest BCUT2D eigenvalue weighted by molar-refractivity contribution is -0.130. The van der Waals surface area contributed by atoms with Gasteiger partial charge in [-0.15, -0.1) is 0 Å². The maximum atomic E-state index is 12.2. The molecule has 3 unspecified atom stereocenters. The van der Waals surface area contributed by atoms with Crippen molar-refractivity contribution in [2.24, 2.45) is 5.41 Å². The van der Waals surface area contributed by atoms with Crippen LogP contribution in [0.3, 0.4) is 0 Å². The van der Waals surface area contributed by atoms with E-state index in [0.717, 1.165) is 12.8 Å². The molecule has 9 heteroatoms. The van der Waals surface area contributed by atoms with Crippen molar-refractivity contribution in [2.45, 2.75) is 70.9 Å². The molecule has 0 aromatic heterocycles. The second kappa shape index (κ2) is 12.9. The maximum absolute atomic E-state index is 12.2. The number of carbonyl (C=O) groups excluding carboxylic acids is 4. The van der Waals surface area contributed by atoms with Crippen LogP contribution in [0.1, 0.15) is 58.8 Å². The highest BCUT2D eigenvalue weighted by Crippen LogP contribution is 2.32. The normalized spacial score (nSPS) is 23.1. The Bertz CT molecular complexity index is 637. The van der Waals surface area contributed by atoms with Crippen molar-refractivity contribution in [3.05, 3.63) is 12.2 Å². The molecule has 0 aliphatic heterocycles. The van der Waals surface area contributed by atoms with Gasteiger partial charge in [0.15, 0.2) is 0 Å². The predicted octanol–water partition coefficient (Wildman–Crippen LogP) is 1.38. The summed E-state index contributed by atoms with van der Waals surface area (Å²) in [7, 11) is 3.16. The minimum atomic E-state index is -0.575. The fourth-order valence-electron chi connectivity index (χ4n) is 3.49. The van der Waals surface area contributed by atoms with Gasteiger partial charge in [-0.3, -0.25) is 14.4 Å². The summed E-state index contributed by atoms with van der Waals surface area (Å²) in [6, 6.07) is -0.575. The third-order valence-electron chi connectivity index (χ3n) is 5.36. The fourth-order valence-corrected chi connectivity index (χ4v) is 3.49. The lowest BCUT2D eigenvalue weighted by atomic mass is 9.78. The van der Waals surface area contributed by atoms with Crippen LogP contribution in [0.4, 0.5) is 4.79 Å². The second-order valence-electron chi connectivity index (χ2n) is 7.88. The Labute approximate surface area is 178 Å². The number of hydrogen-bond donors (Lipinski definition) is 4. The van der Waals surface area contributed by atoms with Crippen molar-refractivity contribution in [2.75, 3.05) is 20.6 Å². The van der Waals surface area contributed by atoms with E-state index < -0.39 is 17.6 Å². The quantitative estimate of drug-likeness (QED) is 0.329. The van der Waals surface area contributed by atoms with E-state index in [1.807, 2.05) is 19.1 Å². The summed E-state index contributed by atoms with van der Waals surface area (Å²) in [6.45, 7) is 3.72. The average Bonchev–Trinajstić information content (AvgIpc) is 2.70. The van der Waals surface area contributed by atoms with Crippen LogP contribution in [0.25, 0.3) is 0 Å². The maximum Gasteiger partial charge on any atom is 0.407 e. The Morgan fingerprint density at radius 1 is 1.13 bits per heavy atom. The van der Waals surface area contributed by atoms with E-state index in [2.05, 4.69) is 21.3 Å². The van der Waals surface area contributed by atoms with E-state index in [0.29, 0.717) is 38.6 Å². The highest BCUT2D eigenvalue weighted by atomic mass is 16.6. The molecule has 0 spiro atoms. The molecule has 0 bridgehead atoms. The lowest BCUT2D eigenvalue weighted by Crippen LogP contribution is -2.44. The molecular weight excluding hydrogens is 388 g/mol. The zero-order valence-electron chi connectivity index (χ0n) is 18.5. The highest BCUT2D eigenvalue weighted by molar-refractivity contribution is 5.86. The van der Waals surface area contributed by atoms with E-state index in [9.17, 15) is 19.2 Å². The van der Waals surface area contributed by atoms with E-state index >= 15 is 0 Å². The molecule has 0 fully saturated rings. The Kier molecular flexibility index (Phi) is 10.9. The number of carbonyl (C=O) groups is 4. The Morgan fingerprint density at radius 2 is 1.87 bits per heavy atom. The molecule has 30 heavy (non-hydrogen) atoms. The molecule has 1 rings (SSSR count). The minimum absolute atomic E-state index is 0.00956. The molecule has 0 saturated heterocycles. The largest absolute Gasteiger partial charge is 0.442 e. The van der Waals surface area contributed by atoms with Crippen LogP contribution in [-0.4, -0.2) is 56.6 Å². The average molecular weight is 425 g/mol. The van der Waals surface area contributed by atoms with Gasteiger partial charge in [0.2, 0.25) is 17.7 Å². The Hall–Kier alpha value is -2.58. The number of ether oxygens (including phenoxy) is 1. The van der Waals surface area contributed by atoms with Crippen molar-refractivity contribution in [3.8, 4) is 0 Å². The molecule has 170 valence electrons. The van der Waals surface area contributed by atoms with Gasteiger partial charge in [0, 0.05) is 33.0 Å². The first-order chi connectivity index (χ1) is 14.2. The Balaban J connectivity index is 2.37. The summed E-state index contributed by atoms with van der Waals surface area (Å²) in [5, 5.41) is 10.6. The van der Waals surface area contributed by atoms with Crippen LogP contribution in [0.2, 0.25) is 0 Å².